The van der Waals surface area contributed by atoms with E-state index in [1.807, 2.05) is 0 Å². The molecular formula is C9H11BrFNO. The van der Waals surface area contributed by atoms with E-state index in [0.29, 0.717) is 5.56 Å². The van der Waals surface area contributed by atoms with Crippen molar-refractivity contribution in [1.29, 1.82) is 0 Å². The van der Waals surface area contributed by atoms with Crippen molar-refractivity contribution >= 4 is 15.9 Å². The van der Waals surface area contributed by atoms with Gasteiger partial charge >= 0.3 is 0 Å². The van der Waals surface area contributed by atoms with Crippen LogP contribution >= 0.6 is 15.9 Å². The van der Waals surface area contributed by atoms with Gasteiger partial charge in [-0.25, -0.2) is 4.39 Å². The zero-order valence-electron chi connectivity index (χ0n) is 7.47. The van der Waals surface area contributed by atoms with Crippen LogP contribution in [0.2, 0.25) is 0 Å². The minimum absolute atomic E-state index is 0.212. The van der Waals surface area contributed by atoms with Gasteiger partial charge in [-0.1, -0.05) is 15.9 Å². The first-order valence-electron chi connectivity index (χ1n) is 3.85. The van der Waals surface area contributed by atoms with Gasteiger partial charge < -0.3 is 10.5 Å². The Bertz CT molecular complexity index is 315. The topological polar surface area (TPSA) is 35.2 Å². The Morgan fingerprint density at radius 2 is 2.15 bits per heavy atom. The Labute approximate surface area is 85.0 Å². The van der Waals surface area contributed by atoms with Crippen LogP contribution < -0.4 is 10.5 Å². The minimum Gasteiger partial charge on any atom is -0.493 e. The van der Waals surface area contributed by atoms with Crippen LogP contribution in [0.5, 0.6) is 5.75 Å². The average Bonchev–Trinajstić information content (AvgIpc) is 2.07. The highest BCUT2D eigenvalue weighted by Gasteiger charge is 2.15. The summed E-state index contributed by atoms with van der Waals surface area (Å²) in [5.74, 6) is -0.178. The van der Waals surface area contributed by atoms with Crippen LogP contribution in [0.1, 0.15) is 18.5 Å². The highest BCUT2D eigenvalue weighted by atomic mass is 79.9. The number of ether oxygens (including phenoxy) is 1. The third-order valence-corrected chi connectivity index (χ3v) is 2.45. The first kappa shape index (κ1) is 10.5. The number of hydrogen-bond acceptors (Lipinski definition) is 2. The number of rotatable bonds is 2. The number of methoxy groups -OCH3 is 1. The van der Waals surface area contributed by atoms with Gasteiger partial charge in [-0.2, -0.15) is 0 Å². The van der Waals surface area contributed by atoms with Crippen molar-refractivity contribution in [2.45, 2.75) is 13.0 Å². The fourth-order valence-electron chi connectivity index (χ4n) is 1.18. The molecule has 72 valence electrons. The van der Waals surface area contributed by atoms with Gasteiger partial charge in [0.1, 0.15) is 0 Å². The van der Waals surface area contributed by atoms with Gasteiger partial charge in [-0.15, -0.1) is 0 Å². The molecule has 1 rings (SSSR count). The summed E-state index contributed by atoms with van der Waals surface area (Å²) in [6.07, 6.45) is 0. The van der Waals surface area contributed by atoms with Gasteiger partial charge in [0.2, 0.25) is 0 Å². The molecule has 1 aromatic rings. The van der Waals surface area contributed by atoms with E-state index in [-0.39, 0.29) is 11.8 Å². The molecule has 13 heavy (non-hydrogen) atoms. The SMILES string of the molecule is COc1c(F)ccc(Br)c1C(C)N. The minimum atomic E-state index is -0.391. The third-order valence-electron chi connectivity index (χ3n) is 1.75. The van der Waals surface area contributed by atoms with Crippen molar-refractivity contribution in [3.05, 3.63) is 28.0 Å². The van der Waals surface area contributed by atoms with Gasteiger partial charge in [0.05, 0.1) is 7.11 Å². The van der Waals surface area contributed by atoms with E-state index in [0.717, 1.165) is 4.47 Å². The van der Waals surface area contributed by atoms with Crippen molar-refractivity contribution in [2.75, 3.05) is 7.11 Å². The zero-order chi connectivity index (χ0) is 10.0. The second-order valence-electron chi connectivity index (χ2n) is 2.76. The van der Waals surface area contributed by atoms with E-state index in [2.05, 4.69) is 15.9 Å². The summed E-state index contributed by atoms with van der Waals surface area (Å²) in [6.45, 7) is 1.78. The standard InChI is InChI=1S/C9H11BrFNO/c1-5(12)8-6(10)3-4-7(11)9(8)13-2/h3-5H,12H2,1-2H3. The van der Waals surface area contributed by atoms with E-state index in [9.17, 15) is 4.39 Å². The van der Waals surface area contributed by atoms with Crippen molar-refractivity contribution in [1.82, 2.24) is 0 Å². The second-order valence-corrected chi connectivity index (χ2v) is 3.62. The molecule has 0 saturated carbocycles. The monoisotopic (exact) mass is 247 g/mol. The molecule has 1 unspecified atom stereocenters. The summed E-state index contributed by atoms with van der Waals surface area (Å²) < 4.78 is 18.9. The van der Waals surface area contributed by atoms with Crippen molar-refractivity contribution in [3.63, 3.8) is 0 Å². The molecule has 0 bridgehead atoms. The molecule has 0 spiro atoms. The van der Waals surface area contributed by atoms with Crippen molar-refractivity contribution in [3.8, 4) is 5.75 Å². The summed E-state index contributed by atoms with van der Waals surface area (Å²) in [5.41, 5.74) is 6.34. The normalized spacial score (nSPS) is 12.7. The molecule has 1 aromatic carbocycles. The summed E-state index contributed by atoms with van der Waals surface area (Å²) >= 11 is 3.30. The van der Waals surface area contributed by atoms with Crippen LogP contribution in [-0.4, -0.2) is 7.11 Å². The second kappa shape index (κ2) is 4.07. The number of nitrogens with two attached hydrogens (primary N) is 1. The Balaban J connectivity index is 3.35. The molecule has 0 amide bonds. The van der Waals surface area contributed by atoms with E-state index >= 15 is 0 Å². The Morgan fingerprint density at radius 1 is 1.54 bits per heavy atom. The molecule has 0 saturated heterocycles. The van der Waals surface area contributed by atoms with Crippen LogP contribution in [0.3, 0.4) is 0 Å². The lowest BCUT2D eigenvalue weighted by Crippen LogP contribution is -2.09. The molecule has 0 aliphatic rings. The molecule has 0 aromatic heterocycles. The largest absolute Gasteiger partial charge is 0.493 e. The molecule has 0 fully saturated rings. The van der Waals surface area contributed by atoms with Gasteiger partial charge in [0.15, 0.2) is 11.6 Å². The quantitative estimate of drug-likeness (QED) is 0.873. The number of halogens is 2. The lowest BCUT2D eigenvalue weighted by molar-refractivity contribution is 0.378. The van der Waals surface area contributed by atoms with E-state index < -0.39 is 5.82 Å². The van der Waals surface area contributed by atoms with Gasteiger partial charge in [-0.05, 0) is 19.1 Å². The smallest absolute Gasteiger partial charge is 0.165 e. The molecule has 0 radical (unpaired) electrons. The van der Waals surface area contributed by atoms with Gasteiger partial charge in [0, 0.05) is 16.1 Å². The maximum Gasteiger partial charge on any atom is 0.165 e. The zero-order valence-corrected chi connectivity index (χ0v) is 9.06. The molecule has 0 aliphatic heterocycles. The Morgan fingerprint density at radius 3 is 2.54 bits per heavy atom. The summed E-state index contributed by atoms with van der Waals surface area (Å²) in [4.78, 5) is 0. The molecular weight excluding hydrogens is 237 g/mol. The summed E-state index contributed by atoms with van der Waals surface area (Å²) in [6, 6.07) is 2.70. The molecule has 2 nitrogen and oxygen atoms in total. The van der Waals surface area contributed by atoms with Crippen molar-refractivity contribution in [2.24, 2.45) is 5.73 Å². The molecule has 0 heterocycles. The first-order valence-corrected chi connectivity index (χ1v) is 4.64. The molecule has 2 N–H and O–H groups in total. The van der Waals surface area contributed by atoms with Crippen LogP contribution in [0.25, 0.3) is 0 Å². The lowest BCUT2D eigenvalue weighted by Gasteiger charge is -2.14. The summed E-state index contributed by atoms with van der Waals surface area (Å²) in [7, 11) is 1.43. The third kappa shape index (κ3) is 2.00. The van der Waals surface area contributed by atoms with Crippen molar-refractivity contribution < 1.29 is 9.13 Å². The van der Waals surface area contributed by atoms with Crippen LogP contribution in [-0.2, 0) is 0 Å². The van der Waals surface area contributed by atoms with Gasteiger partial charge in [0.25, 0.3) is 0 Å². The Kier molecular flexibility index (Phi) is 3.27. The van der Waals surface area contributed by atoms with E-state index in [4.69, 9.17) is 10.5 Å². The fraction of sp³-hybridized carbons (Fsp3) is 0.333. The van der Waals surface area contributed by atoms with Gasteiger partial charge in [-0.3, -0.25) is 0 Å². The molecule has 0 aliphatic carbocycles. The van der Waals surface area contributed by atoms with Crippen LogP contribution in [0.15, 0.2) is 16.6 Å². The van der Waals surface area contributed by atoms with Crippen LogP contribution in [0, 0.1) is 5.82 Å². The molecule has 1 atom stereocenters. The maximum absolute atomic E-state index is 13.2. The number of benzene rings is 1. The highest BCUT2D eigenvalue weighted by Crippen LogP contribution is 2.33. The first-order chi connectivity index (χ1) is 6.07. The molecule has 4 heteroatoms. The predicted octanol–water partition coefficient (Wildman–Crippen LogP) is 2.62. The van der Waals surface area contributed by atoms with Crippen LogP contribution in [0.4, 0.5) is 4.39 Å². The Hall–Kier alpha value is -0.610. The average molecular weight is 248 g/mol. The van der Waals surface area contributed by atoms with E-state index in [1.165, 1.54) is 13.2 Å². The fourth-order valence-corrected chi connectivity index (χ4v) is 1.85. The maximum atomic E-state index is 13.2. The summed E-state index contributed by atoms with van der Waals surface area (Å²) in [5, 5.41) is 0. The lowest BCUT2D eigenvalue weighted by atomic mass is 10.1. The highest BCUT2D eigenvalue weighted by molar-refractivity contribution is 9.10. The number of hydrogen-bond donors (Lipinski definition) is 1. The predicted molar refractivity (Wildman–Crippen MR) is 53.3 cm³/mol. The van der Waals surface area contributed by atoms with E-state index in [1.54, 1.807) is 13.0 Å².